The van der Waals surface area contributed by atoms with Crippen molar-refractivity contribution in [2.75, 3.05) is 6.54 Å². The summed E-state index contributed by atoms with van der Waals surface area (Å²) >= 11 is 0. The molecule has 0 saturated heterocycles. The highest BCUT2D eigenvalue weighted by Gasteiger charge is 2.41. The Hall–Kier alpha value is -0.0400. The van der Waals surface area contributed by atoms with Gasteiger partial charge in [0.2, 0.25) is 0 Å². The molecule has 0 spiro atoms. The van der Waals surface area contributed by atoms with Crippen LogP contribution < -0.4 is 5.32 Å². The Kier molecular flexibility index (Phi) is 3.24. The summed E-state index contributed by atoms with van der Waals surface area (Å²) in [7, 11) is 0. The predicted octanol–water partition coefficient (Wildman–Crippen LogP) is 3.88. The van der Waals surface area contributed by atoms with Crippen molar-refractivity contribution in [3.8, 4) is 0 Å². The fraction of sp³-hybridized carbons (Fsp3) is 1.00. The van der Waals surface area contributed by atoms with Gasteiger partial charge in [0.25, 0.3) is 0 Å². The van der Waals surface area contributed by atoms with Crippen molar-refractivity contribution in [3.63, 3.8) is 0 Å². The van der Waals surface area contributed by atoms with E-state index in [2.05, 4.69) is 5.32 Å². The molecule has 1 N–H and O–H groups in total. The number of hydrogen-bond donors (Lipinski definition) is 1. The predicted molar refractivity (Wildman–Crippen MR) is 68.5 cm³/mol. The van der Waals surface area contributed by atoms with Crippen molar-refractivity contribution in [2.45, 2.75) is 76.7 Å². The highest BCUT2D eigenvalue weighted by Crippen LogP contribution is 2.49. The topological polar surface area (TPSA) is 12.0 Å². The molecule has 1 heteroatoms. The van der Waals surface area contributed by atoms with Crippen molar-refractivity contribution >= 4 is 0 Å². The number of hydrogen-bond acceptors (Lipinski definition) is 1. The summed E-state index contributed by atoms with van der Waals surface area (Å²) < 4.78 is 0. The largest absolute Gasteiger partial charge is 0.313 e. The SMILES string of the molecule is C1CCC(C2(CNC3CC3)CCCC2)CC1. The van der Waals surface area contributed by atoms with Crippen LogP contribution >= 0.6 is 0 Å². The fourth-order valence-electron chi connectivity index (χ4n) is 4.16. The van der Waals surface area contributed by atoms with Crippen molar-refractivity contribution in [1.82, 2.24) is 5.32 Å². The molecule has 0 aromatic carbocycles. The minimum atomic E-state index is 0.725. The lowest BCUT2D eigenvalue weighted by atomic mass is 9.67. The lowest BCUT2D eigenvalue weighted by molar-refractivity contribution is 0.119. The summed E-state index contributed by atoms with van der Waals surface area (Å²) in [5.74, 6) is 1.06. The first-order chi connectivity index (χ1) is 7.89. The van der Waals surface area contributed by atoms with E-state index in [1.807, 2.05) is 0 Å². The molecule has 3 aliphatic carbocycles. The van der Waals surface area contributed by atoms with E-state index in [9.17, 15) is 0 Å². The molecular formula is C15H27N. The molecule has 0 aliphatic heterocycles. The molecule has 0 amide bonds. The molecule has 0 bridgehead atoms. The third-order valence-corrected chi connectivity index (χ3v) is 5.39. The van der Waals surface area contributed by atoms with Gasteiger partial charge in [0.15, 0.2) is 0 Å². The average Bonchev–Trinajstić information content (AvgIpc) is 3.06. The first-order valence-electron chi connectivity index (χ1n) is 7.62. The van der Waals surface area contributed by atoms with Gasteiger partial charge in [0.05, 0.1) is 0 Å². The van der Waals surface area contributed by atoms with Gasteiger partial charge in [-0.05, 0) is 49.9 Å². The third kappa shape index (κ3) is 2.30. The summed E-state index contributed by atoms with van der Waals surface area (Å²) in [5.41, 5.74) is 0.725. The van der Waals surface area contributed by atoms with Crippen molar-refractivity contribution in [2.24, 2.45) is 11.3 Å². The van der Waals surface area contributed by atoms with Crippen molar-refractivity contribution < 1.29 is 0 Å². The summed E-state index contributed by atoms with van der Waals surface area (Å²) in [6.45, 7) is 1.35. The molecule has 3 aliphatic rings. The Morgan fingerprint density at radius 2 is 1.50 bits per heavy atom. The molecule has 3 saturated carbocycles. The molecule has 3 rings (SSSR count). The van der Waals surface area contributed by atoms with E-state index in [1.165, 1.54) is 77.2 Å². The van der Waals surface area contributed by atoms with Crippen LogP contribution in [0.15, 0.2) is 0 Å². The minimum Gasteiger partial charge on any atom is -0.313 e. The molecule has 3 fully saturated rings. The van der Waals surface area contributed by atoms with E-state index in [-0.39, 0.29) is 0 Å². The van der Waals surface area contributed by atoms with Gasteiger partial charge in [0.1, 0.15) is 0 Å². The summed E-state index contributed by atoms with van der Waals surface area (Å²) in [6, 6.07) is 0.904. The Balaban J connectivity index is 1.62. The molecule has 1 nitrogen and oxygen atoms in total. The molecule has 0 aromatic heterocycles. The van der Waals surface area contributed by atoms with E-state index in [1.54, 1.807) is 0 Å². The van der Waals surface area contributed by atoms with Crippen LogP contribution in [0.4, 0.5) is 0 Å². The smallest absolute Gasteiger partial charge is 0.00684 e. The highest BCUT2D eigenvalue weighted by molar-refractivity contribution is 4.95. The van der Waals surface area contributed by atoms with Gasteiger partial charge in [-0.2, -0.15) is 0 Å². The molecule has 0 heterocycles. The zero-order valence-electron chi connectivity index (χ0n) is 10.6. The van der Waals surface area contributed by atoms with Gasteiger partial charge in [-0.3, -0.25) is 0 Å². The van der Waals surface area contributed by atoms with Gasteiger partial charge in [-0.25, -0.2) is 0 Å². The lowest BCUT2D eigenvalue weighted by Crippen LogP contribution is -2.40. The van der Waals surface area contributed by atoms with E-state index in [0.717, 1.165) is 17.4 Å². The standard InChI is InChI=1S/C15H27N/c1-2-6-13(7-3-1)15(10-4-5-11-15)12-16-14-8-9-14/h13-14,16H,1-12H2. The molecule has 0 aromatic rings. The first kappa shape index (κ1) is 11.1. The molecule has 0 unspecified atom stereocenters. The van der Waals surface area contributed by atoms with Crippen LogP contribution in [0.1, 0.15) is 70.6 Å². The quantitative estimate of drug-likeness (QED) is 0.759. The molecular weight excluding hydrogens is 194 g/mol. The van der Waals surface area contributed by atoms with Crippen LogP contribution in [0.3, 0.4) is 0 Å². The van der Waals surface area contributed by atoms with Crippen LogP contribution in [0.25, 0.3) is 0 Å². The first-order valence-corrected chi connectivity index (χ1v) is 7.62. The normalized spacial score (nSPS) is 30.8. The number of rotatable bonds is 4. The Morgan fingerprint density at radius 1 is 0.812 bits per heavy atom. The highest BCUT2D eigenvalue weighted by atomic mass is 15.0. The van der Waals surface area contributed by atoms with E-state index >= 15 is 0 Å². The Morgan fingerprint density at radius 3 is 2.12 bits per heavy atom. The van der Waals surface area contributed by atoms with Crippen LogP contribution in [0.2, 0.25) is 0 Å². The van der Waals surface area contributed by atoms with Crippen LogP contribution in [-0.2, 0) is 0 Å². The minimum absolute atomic E-state index is 0.725. The zero-order chi connectivity index (χ0) is 10.8. The third-order valence-electron chi connectivity index (χ3n) is 5.39. The van der Waals surface area contributed by atoms with Gasteiger partial charge in [-0.1, -0.05) is 32.1 Å². The molecule has 16 heavy (non-hydrogen) atoms. The van der Waals surface area contributed by atoms with E-state index < -0.39 is 0 Å². The fourth-order valence-corrected chi connectivity index (χ4v) is 4.16. The second-order valence-corrected chi connectivity index (χ2v) is 6.56. The lowest BCUT2D eigenvalue weighted by Gasteiger charge is -2.40. The van der Waals surface area contributed by atoms with Gasteiger partial charge < -0.3 is 5.32 Å². The van der Waals surface area contributed by atoms with Gasteiger partial charge in [-0.15, -0.1) is 0 Å². The average molecular weight is 221 g/mol. The van der Waals surface area contributed by atoms with E-state index in [0.29, 0.717) is 0 Å². The maximum atomic E-state index is 3.84. The second-order valence-electron chi connectivity index (χ2n) is 6.56. The van der Waals surface area contributed by atoms with Gasteiger partial charge >= 0.3 is 0 Å². The zero-order valence-corrected chi connectivity index (χ0v) is 10.6. The Bertz CT molecular complexity index is 220. The van der Waals surface area contributed by atoms with Crippen LogP contribution in [-0.4, -0.2) is 12.6 Å². The number of nitrogens with one attached hydrogen (secondary N) is 1. The second kappa shape index (κ2) is 4.68. The molecule has 0 atom stereocenters. The van der Waals surface area contributed by atoms with E-state index in [4.69, 9.17) is 0 Å². The maximum absolute atomic E-state index is 3.84. The van der Waals surface area contributed by atoms with Crippen molar-refractivity contribution in [3.05, 3.63) is 0 Å². The Labute approximate surface area is 100 Å². The molecule has 92 valence electrons. The summed E-state index contributed by atoms with van der Waals surface area (Å²) in [6.07, 6.45) is 16.5. The van der Waals surface area contributed by atoms with Gasteiger partial charge in [0, 0.05) is 12.6 Å². The maximum Gasteiger partial charge on any atom is 0.00684 e. The molecule has 0 radical (unpaired) electrons. The van der Waals surface area contributed by atoms with Crippen molar-refractivity contribution in [1.29, 1.82) is 0 Å². The van der Waals surface area contributed by atoms with Crippen LogP contribution in [0.5, 0.6) is 0 Å². The summed E-state index contributed by atoms with van der Waals surface area (Å²) in [4.78, 5) is 0. The van der Waals surface area contributed by atoms with Crippen LogP contribution in [0, 0.1) is 11.3 Å². The monoisotopic (exact) mass is 221 g/mol. The summed E-state index contributed by atoms with van der Waals surface area (Å²) in [5, 5.41) is 3.84.